The van der Waals surface area contributed by atoms with Crippen LogP contribution in [0.5, 0.6) is 0 Å². The Balaban J connectivity index is 1.29. The molecule has 2 aromatic heterocycles. The van der Waals surface area contributed by atoms with E-state index < -0.39 is 5.82 Å². The Bertz CT molecular complexity index is 1580. The zero-order chi connectivity index (χ0) is 23.7. The van der Waals surface area contributed by atoms with Crippen LogP contribution in [0.1, 0.15) is 21.5 Å². The van der Waals surface area contributed by atoms with Crippen LogP contribution < -0.4 is 5.32 Å². The monoisotopic (exact) mass is 470 g/mol. The Morgan fingerprint density at radius 3 is 2.82 bits per heavy atom. The topological polar surface area (TPSA) is 99.4 Å². The van der Waals surface area contributed by atoms with E-state index in [1.807, 2.05) is 6.07 Å². The highest BCUT2D eigenvalue weighted by Crippen LogP contribution is 2.25. The van der Waals surface area contributed by atoms with Crippen molar-refractivity contribution in [1.82, 2.24) is 25.3 Å². The first-order valence-corrected chi connectivity index (χ1v) is 10.7. The highest BCUT2D eigenvalue weighted by Gasteiger charge is 2.12. The summed E-state index contributed by atoms with van der Waals surface area (Å²) in [5.41, 5.74) is 3.96. The van der Waals surface area contributed by atoms with Gasteiger partial charge in [-0.15, -0.1) is 0 Å². The number of hydrogen-bond donors (Lipinski definition) is 2. The Labute approximate surface area is 198 Å². The van der Waals surface area contributed by atoms with Crippen LogP contribution in [0.3, 0.4) is 0 Å². The van der Waals surface area contributed by atoms with E-state index in [-0.39, 0.29) is 12.5 Å². The molecule has 0 spiro atoms. The minimum Gasteiger partial charge on any atom is -0.348 e. The van der Waals surface area contributed by atoms with Crippen LogP contribution in [0, 0.1) is 17.1 Å². The summed E-state index contributed by atoms with van der Waals surface area (Å²) in [4.78, 5) is 12.5. The molecule has 166 valence electrons. The van der Waals surface area contributed by atoms with Gasteiger partial charge in [0.25, 0.3) is 5.91 Å². The second-order valence-corrected chi connectivity index (χ2v) is 7.99. The van der Waals surface area contributed by atoms with E-state index in [4.69, 9.17) is 16.9 Å². The third-order valence-electron chi connectivity index (χ3n) is 5.42. The van der Waals surface area contributed by atoms with Crippen molar-refractivity contribution in [2.45, 2.75) is 6.54 Å². The van der Waals surface area contributed by atoms with E-state index in [0.29, 0.717) is 33.1 Å². The molecule has 9 heteroatoms. The zero-order valence-corrected chi connectivity index (χ0v) is 18.3. The molecular formula is C25H16ClFN6O. The number of hydrogen-bond acceptors (Lipinski definition) is 4. The smallest absolute Gasteiger partial charge is 0.251 e. The first-order valence-electron chi connectivity index (χ1n) is 10.3. The number of nitriles is 1. The summed E-state index contributed by atoms with van der Waals surface area (Å²) in [7, 11) is 0. The lowest BCUT2D eigenvalue weighted by Crippen LogP contribution is -2.23. The Hall–Kier alpha value is -4.48. The van der Waals surface area contributed by atoms with Crippen molar-refractivity contribution in [2.75, 3.05) is 0 Å². The molecule has 0 bridgehead atoms. The number of aromatic nitrogens is 4. The minimum atomic E-state index is -0.457. The number of rotatable bonds is 5. The molecule has 5 rings (SSSR count). The Kier molecular flexibility index (Phi) is 5.54. The summed E-state index contributed by atoms with van der Waals surface area (Å²) in [6.07, 6.45) is 3.35. The van der Waals surface area contributed by atoms with Crippen molar-refractivity contribution in [1.29, 1.82) is 5.26 Å². The lowest BCUT2D eigenvalue weighted by molar-refractivity contribution is 0.0950. The Morgan fingerprint density at radius 2 is 2.03 bits per heavy atom. The number of halogens is 2. The third kappa shape index (κ3) is 4.12. The van der Waals surface area contributed by atoms with Crippen LogP contribution in [-0.4, -0.2) is 25.9 Å². The van der Waals surface area contributed by atoms with Gasteiger partial charge in [-0.25, -0.2) is 9.07 Å². The summed E-state index contributed by atoms with van der Waals surface area (Å²) in [5.74, 6) is -0.758. The van der Waals surface area contributed by atoms with Crippen molar-refractivity contribution in [3.8, 4) is 23.0 Å². The third-order valence-corrected chi connectivity index (χ3v) is 5.73. The van der Waals surface area contributed by atoms with Crippen molar-refractivity contribution in [3.63, 3.8) is 0 Å². The molecular weight excluding hydrogens is 455 g/mol. The maximum atomic E-state index is 14.8. The highest BCUT2D eigenvalue weighted by molar-refractivity contribution is 6.32. The molecule has 7 nitrogen and oxygen atoms in total. The number of H-pyrrole nitrogens is 1. The van der Waals surface area contributed by atoms with Crippen molar-refractivity contribution < 1.29 is 9.18 Å². The molecule has 34 heavy (non-hydrogen) atoms. The van der Waals surface area contributed by atoms with Gasteiger partial charge in [-0.2, -0.15) is 15.5 Å². The summed E-state index contributed by atoms with van der Waals surface area (Å²) >= 11 is 6.11. The van der Waals surface area contributed by atoms with Gasteiger partial charge in [0.05, 0.1) is 33.7 Å². The summed E-state index contributed by atoms with van der Waals surface area (Å²) in [5, 5.41) is 24.2. The van der Waals surface area contributed by atoms with E-state index in [1.54, 1.807) is 71.7 Å². The van der Waals surface area contributed by atoms with Crippen LogP contribution in [0.15, 0.2) is 73.1 Å². The lowest BCUT2D eigenvalue weighted by atomic mass is 10.1. The lowest BCUT2D eigenvalue weighted by Gasteiger charge is -2.09. The van der Waals surface area contributed by atoms with E-state index in [9.17, 15) is 9.18 Å². The van der Waals surface area contributed by atoms with Gasteiger partial charge in [-0.3, -0.25) is 9.89 Å². The van der Waals surface area contributed by atoms with Crippen LogP contribution in [0.2, 0.25) is 5.02 Å². The van der Waals surface area contributed by atoms with E-state index in [2.05, 4.69) is 20.6 Å². The van der Waals surface area contributed by atoms with Crippen molar-refractivity contribution in [3.05, 3.63) is 101 Å². The number of aromatic amines is 1. The normalized spacial score (nSPS) is 10.9. The number of nitrogens with zero attached hydrogens (tertiary/aromatic N) is 4. The second-order valence-electron chi connectivity index (χ2n) is 7.58. The maximum Gasteiger partial charge on any atom is 0.251 e. The molecule has 2 N–H and O–H groups in total. The van der Waals surface area contributed by atoms with Crippen molar-refractivity contribution in [2.24, 2.45) is 0 Å². The fourth-order valence-corrected chi connectivity index (χ4v) is 3.79. The van der Waals surface area contributed by atoms with Crippen LogP contribution in [0.4, 0.5) is 4.39 Å². The number of benzene rings is 3. The molecule has 0 radical (unpaired) electrons. The highest BCUT2D eigenvalue weighted by atomic mass is 35.5. The standard InChI is InChI=1S/C25H16ClFN6O/c26-21-10-15(1-2-17(21)12-28)24-7-8-33(32-24)20-5-3-18(22(27)11-20)13-29-25(34)16-4-6-23-19(9-16)14-30-31-23/h1-11,14H,13H2,(H,29,34)(H,30,31). The SMILES string of the molecule is N#Cc1ccc(-c2ccn(-c3ccc(CNC(=O)c4ccc5[nH]ncc5c4)c(F)c3)n2)cc1Cl. The first kappa shape index (κ1) is 21.4. The van der Waals surface area contributed by atoms with Gasteiger partial charge in [0, 0.05) is 34.8 Å². The van der Waals surface area contributed by atoms with E-state index in [1.165, 1.54) is 6.07 Å². The average molecular weight is 471 g/mol. The fraction of sp³-hybridized carbons (Fsp3) is 0.0400. The van der Waals surface area contributed by atoms with Gasteiger partial charge in [-0.05, 0) is 48.5 Å². The molecule has 0 aliphatic carbocycles. The number of nitrogens with one attached hydrogen (secondary N) is 2. The van der Waals surface area contributed by atoms with Gasteiger partial charge in [-0.1, -0.05) is 23.7 Å². The number of fused-ring (bicyclic) bond motifs is 1. The quantitative estimate of drug-likeness (QED) is 0.377. The molecule has 5 aromatic rings. The molecule has 0 saturated carbocycles. The maximum absolute atomic E-state index is 14.8. The molecule has 1 amide bonds. The van der Waals surface area contributed by atoms with E-state index in [0.717, 1.165) is 16.5 Å². The fourth-order valence-electron chi connectivity index (χ4n) is 3.57. The van der Waals surface area contributed by atoms with Gasteiger partial charge in [0.1, 0.15) is 11.9 Å². The second kappa shape index (κ2) is 8.81. The van der Waals surface area contributed by atoms with Crippen LogP contribution in [0.25, 0.3) is 27.8 Å². The minimum absolute atomic E-state index is 0.0441. The van der Waals surface area contributed by atoms with E-state index >= 15 is 0 Å². The number of carbonyl (C=O) groups excluding carboxylic acids is 1. The molecule has 2 heterocycles. The first-order chi connectivity index (χ1) is 16.5. The van der Waals surface area contributed by atoms with Gasteiger partial charge in [0.2, 0.25) is 0 Å². The average Bonchev–Trinajstić information content (AvgIpc) is 3.52. The number of amides is 1. The molecule has 3 aromatic carbocycles. The number of carbonyl (C=O) groups is 1. The Morgan fingerprint density at radius 1 is 1.15 bits per heavy atom. The molecule has 0 aliphatic rings. The van der Waals surface area contributed by atoms with Crippen LogP contribution >= 0.6 is 11.6 Å². The van der Waals surface area contributed by atoms with Crippen molar-refractivity contribution >= 4 is 28.4 Å². The largest absolute Gasteiger partial charge is 0.348 e. The zero-order valence-electron chi connectivity index (χ0n) is 17.6. The van der Waals surface area contributed by atoms with Gasteiger partial charge >= 0.3 is 0 Å². The predicted octanol–water partition coefficient (Wildman–Crippen LogP) is 5.01. The molecule has 0 aliphatic heterocycles. The van der Waals surface area contributed by atoms with Gasteiger partial charge < -0.3 is 5.32 Å². The molecule has 0 fully saturated rings. The summed E-state index contributed by atoms with van der Waals surface area (Å²) in [6.45, 7) is 0.0441. The molecule has 0 unspecified atom stereocenters. The molecule has 0 saturated heterocycles. The summed E-state index contributed by atoms with van der Waals surface area (Å²) < 4.78 is 16.3. The summed E-state index contributed by atoms with van der Waals surface area (Å²) in [6, 6.07) is 18.7. The van der Waals surface area contributed by atoms with Gasteiger partial charge in [0.15, 0.2) is 0 Å². The molecule has 0 atom stereocenters. The van der Waals surface area contributed by atoms with Crippen LogP contribution in [-0.2, 0) is 6.54 Å². The predicted molar refractivity (Wildman–Crippen MR) is 126 cm³/mol.